The lowest BCUT2D eigenvalue weighted by molar-refractivity contribution is 1.16. The fourth-order valence-electron chi connectivity index (χ4n) is 3.80. The highest BCUT2D eigenvalue weighted by Crippen LogP contribution is 2.35. The summed E-state index contributed by atoms with van der Waals surface area (Å²) in [6, 6.07) is 25.5. The molecule has 27 heavy (non-hydrogen) atoms. The molecule has 6 rings (SSSR count). The van der Waals surface area contributed by atoms with E-state index < -0.39 is 0 Å². The normalized spacial score (nSPS) is 11.9. The van der Waals surface area contributed by atoms with Crippen LogP contribution in [0.2, 0.25) is 0 Å². The van der Waals surface area contributed by atoms with E-state index in [0.717, 1.165) is 32.8 Å². The first-order chi connectivity index (χ1) is 13.3. The van der Waals surface area contributed by atoms with Crippen LogP contribution in [0.25, 0.3) is 48.4 Å². The predicted molar refractivity (Wildman–Crippen MR) is 114 cm³/mol. The summed E-state index contributed by atoms with van der Waals surface area (Å²) in [5, 5.41) is 3.33. The highest BCUT2D eigenvalue weighted by molar-refractivity contribution is 7.21. The molecule has 3 aromatic heterocycles. The minimum absolute atomic E-state index is 0.906. The minimum Gasteiger partial charge on any atom is -0.291 e. The number of aromatic nitrogens is 3. The lowest BCUT2D eigenvalue weighted by Gasteiger charge is -2.07. The molecular formula is C23H15N3S. The third-order valence-electron chi connectivity index (χ3n) is 5.06. The number of nitrogens with zero attached hydrogens (tertiary/aromatic N) is 3. The molecule has 0 saturated carbocycles. The summed E-state index contributed by atoms with van der Waals surface area (Å²) in [4.78, 5) is 9.93. The third kappa shape index (κ3) is 2.14. The van der Waals surface area contributed by atoms with Gasteiger partial charge in [0.25, 0.3) is 0 Å². The summed E-state index contributed by atoms with van der Waals surface area (Å²) in [5.74, 6) is 0.906. The standard InChI is InChI=1S/C23H15N3S/c1-14-10-11-18-21(12-14)27-23(25-18)22-24-17-8-4-3-7-16(17)20-13-15-6-2-5-9-19(15)26(20)22/h2-13H,1H3. The highest BCUT2D eigenvalue weighted by atomic mass is 32.1. The van der Waals surface area contributed by atoms with Crippen molar-refractivity contribution >= 4 is 48.9 Å². The molecule has 0 amide bonds. The first kappa shape index (κ1) is 14.9. The van der Waals surface area contributed by atoms with Crippen molar-refractivity contribution in [2.45, 2.75) is 6.92 Å². The van der Waals surface area contributed by atoms with Crippen LogP contribution in [-0.2, 0) is 0 Å². The maximum absolute atomic E-state index is 5.02. The van der Waals surface area contributed by atoms with Crippen molar-refractivity contribution in [1.29, 1.82) is 0 Å². The first-order valence-corrected chi connectivity index (χ1v) is 9.76. The van der Waals surface area contributed by atoms with Gasteiger partial charge in [-0.2, -0.15) is 0 Å². The van der Waals surface area contributed by atoms with Gasteiger partial charge in [0, 0.05) is 10.8 Å². The summed E-state index contributed by atoms with van der Waals surface area (Å²) in [6.07, 6.45) is 0. The minimum atomic E-state index is 0.906. The Kier molecular flexibility index (Phi) is 2.96. The van der Waals surface area contributed by atoms with Crippen LogP contribution < -0.4 is 0 Å². The van der Waals surface area contributed by atoms with Gasteiger partial charge < -0.3 is 0 Å². The molecule has 3 aromatic carbocycles. The zero-order valence-electron chi connectivity index (χ0n) is 14.7. The number of para-hydroxylation sites is 2. The van der Waals surface area contributed by atoms with E-state index in [4.69, 9.17) is 9.97 Å². The van der Waals surface area contributed by atoms with E-state index in [2.05, 4.69) is 78.1 Å². The number of rotatable bonds is 1. The molecule has 0 aliphatic carbocycles. The lowest BCUT2D eigenvalue weighted by Crippen LogP contribution is -1.97. The van der Waals surface area contributed by atoms with Gasteiger partial charge in [-0.3, -0.25) is 4.40 Å². The van der Waals surface area contributed by atoms with Gasteiger partial charge in [0.05, 0.1) is 26.8 Å². The maximum Gasteiger partial charge on any atom is 0.174 e. The van der Waals surface area contributed by atoms with E-state index in [9.17, 15) is 0 Å². The van der Waals surface area contributed by atoms with E-state index in [1.807, 2.05) is 6.07 Å². The smallest absolute Gasteiger partial charge is 0.174 e. The van der Waals surface area contributed by atoms with Gasteiger partial charge in [0.2, 0.25) is 0 Å². The number of hydrogen-bond donors (Lipinski definition) is 0. The molecule has 0 fully saturated rings. The van der Waals surface area contributed by atoms with Crippen LogP contribution in [0.5, 0.6) is 0 Å². The Labute approximate surface area is 159 Å². The SMILES string of the molecule is Cc1ccc2nc(-c3nc4ccccc4c4cc5ccccc5n34)sc2c1. The Balaban J connectivity index is 1.80. The number of fused-ring (bicyclic) bond motifs is 6. The fraction of sp³-hybridized carbons (Fsp3) is 0.0435. The number of thiazole rings is 1. The second kappa shape index (κ2) is 5.38. The highest BCUT2D eigenvalue weighted by Gasteiger charge is 2.16. The Morgan fingerprint density at radius 1 is 0.778 bits per heavy atom. The topological polar surface area (TPSA) is 30.2 Å². The molecule has 3 heterocycles. The molecule has 0 atom stereocenters. The third-order valence-corrected chi connectivity index (χ3v) is 6.08. The molecule has 3 nitrogen and oxygen atoms in total. The summed E-state index contributed by atoms with van der Waals surface area (Å²) < 4.78 is 3.45. The number of hydrogen-bond acceptors (Lipinski definition) is 3. The first-order valence-electron chi connectivity index (χ1n) is 8.94. The molecular weight excluding hydrogens is 350 g/mol. The van der Waals surface area contributed by atoms with E-state index >= 15 is 0 Å². The largest absolute Gasteiger partial charge is 0.291 e. The Morgan fingerprint density at radius 3 is 2.59 bits per heavy atom. The fourth-order valence-corrected chi connectivity index (χ4v) is 4.85. The average Bonchev–Trinajstić information content (AvgIpc) is 3.28. The van der Waals surface area contributed by atoms with Gasteiger partial charge in [-0.05, 0) is 42.8 Å². The summed E-state index contributed by atoms with van der Waals surface area (Å²) in [7, 11) is 0. The van der Waals surface area contributed by atoms with Gasteiger partial charge >= 0.3 is 0 Å². The van der Waals surface area contributed by atoms with Crippen molar-refractivity contribution in [2.75, 3.05) is 0 Å². The lowest BCUT2D eigenvalue weighted by atomic mass is 10.2. The summed E-state index contributed by atoms with van der Waals surface area (Å²) >= 11 is 1.71. The molecule has 0 unspecified atom stereocenters. The molecule has 0 bridgehead atoms. The summed E-state index contributed by atoms with van der Waals surface area (Å²) in [6.45, 7) is 2.12. The van der Waals surface area contributed by atoms with Crippen LogP contribution >= 0.6 is 11.3 Å². The maximum atomic E-state index is 5.02. The molecule has 6 aromatic rings. The molecule has 0 spiro atoms. The molecule has 4 heteroatoms. The Morgan fingerprint density at radius 2 is 1.63 bits per heavy atom. The van der Waals surface area contributed by atoms with Gasteiger partial charge in [-0.15, -0.1) is 11.3 Å². The number of aryl methyl sites for hydroxylation is 1. The zero-order chi connectivity index (χ0) is 18.0. The number of benzene rings is 3. The molecule has 0 aliphatic heterocycles. The Hall–Kier alpha value is -3.24. The van der Waals surface area contributed by atoms with Crippen molar-refractivity contribution in [2.24, 2.45) is 0 Å². The Bertz CT molecular complexity index is 1490. The monoisotopic (exact) mass is 365 g/mol. The molecule has 128 valence electrons. The molecule has 0 aliphatic rings. The second-order valence-electron chi connectivity index (χ2n) is 6.87. The van der Waals surface area contributed by atoms with Crippen LogP contribution in [0.15, 0.2) is 72.8 Å². The van der Waals surface area contributed by atoms with Gasteiger partial charge in [-0.25, -0.2) is 9.97 Å². The van der Waals surface area contributed by atoms with Gasteiger partial charge in [-0.1, -0.05) is 42.5 Å². The van der Waals surface area contributed by atoms with Crippen LogP contribution in [0, 0.1) is 6.92 Å². The second-order valence-corrected chi connectivity index (χ2v) is 7.90. The molecule has 0 N–H and O–H groups in total. The molecule has 0 radical (unpaired) electrons. The van der Waals surface area contributed by atoms with Crippen molar-refractivity contribution in [1.82, 2.24) is 14.4 Å². The quantitative estimate of drug-likeness (QED) is 0.346. The van der Waals surface area contributed by atoms with E-state index in [1.165, 1.54) is 21.2 Å². The van der Waals surface area contributed by atoms with Crippen LogP contribution in [0.3, 0.4) is 0 Å². The molecule has 0 saturated heterocycles. The van der Waals surface area contributed by atoms with E-state index in [-0.39, 0.29) is 0 Å². The van der Waals surface area contributed by atoms with Crippen molar-refractivity contribution in [3.05, 3.63) is 78.4 Å². The van der Waals surface area contributed by atoms with E-state index in [1.54, 1.807) is 11.3 Å². The zero-order valence-corrected chi connectivity index (χ0v) is 15.5. The van der Waals surface area contributed by atoms with Gasteiger partial charge in [0.15, 0.2) is 10.8 Å². The predicted octanol–water partition coefficient (Wildman–Crippen LogP) is 6.23. The van der Waals surface area contributed by atoms with Crippen LogP contribution in [0.1, 0.15) is 5.56 Å². The average molecular weight is 365 g/mol. The van der Waals surface area contributed by atoms with Crippen molar-refractivity contribution < 1.29 is 0 Å². The summed E-state index contributed by atoms with van der Waals surface area (Å²) in [5.41, 5.74) is 5.61. The van der Waals surface area contributed by atoms with Crippen LogP contribution in [-0.4, -0.2) is 14.4 Å². The van der Waals surface area contributed by atoms with Gasteiger partial charge in [0.1, 0.15) is 0 Å². The van der Waals surface area contributed by atoms with E-state index in [0.29, 0.717) is 0 Å². The van der Waals surface area contributed by atoms with Crippen molar-refractivity contribution in [3.8, 4) is 10.8 Å². The van der Waals surface area contributed by atoms with Crippen LogP contribution in [0.4, 0.5) is 0 Å². The van der Waals surface area contributed by atoms with Crippen molar-refractivity contribution in [3.63, 3.8) is 0 Å².